The quantitative estimate of drug-likeness (QED) is 0.439. The molecule has 0 aromatic carbocycles. The minimum Gasteiger partial charge on any atom is -0.463 e. The van der Waals surface area contributed by atoms with E-state index in [2.05, 4.69) is 12.2 Å². The van der Waals surface area contributed by atoms with Gasteiger partial charge >= 0.3 is 5.97 Å². The molecule has 0 N–H and O–H groups in total. The van der Waals surface area contributed by atoms with Crippen molar-refractivity contribution in [3.63, 3.8) is 0 Å². The predicted octanol–water partition coefficient (Wildman–Crippen LogP) is 3.22. The minimum atomic E-state index is -0.0530. The van der Waals surface area contributed by atoms with Gasteiger partial charge in [0.2, 0.25) is 0 Å². The molecule has 1 aliphatic heterocycles. The van der Waals surface area contributed by atoms with Crippen LogP contribution < -0.4 is 0 Å². The molecule has 1 aliphatic rings. The summed E-state index contributed by atoms with van der Waals surface area (Å²) in [6.07, 6.45) is 11.6. The highest BCUT2D eigenvalue weighted by atomic mass is 16.5. The zero-order chi connectivity index (χ0) is 10.2. The molecular weight excluding hydrogens is 176 g/mol. The Morgan fingerprint density at radius 1 is 1.21 bits per heavy atom. The fourth-order valence-corrected chi connectivity index (χ4v) is 1.65. The second-order valence-electron chi connectivity index (χ2n) is 3.95. The molecule has 0 fully saturated rings. The maximum atomic E-state index is 11.3. The average molecular weight is 196 g/mol. The van der Waals surface area contributed by atoms with Crippen molar-refractivity contribution in [1.29, 1.82) is 0 Å². The van der Waals surface area contributed by atoms with E-state index < -0.39 is 0 Å². The first kappa shape index (κ1) is 11.3. The van der Waals surface area contributed by atoms with E-state index in [0.717, 1.165) is 19.3 Å². The van der Waals surface area contributed by atoms with Gasteiger partial charge in [-0.15, -0.1) is 0 Å². The van der Waals surface area contributed by atoms with Gasteiger partial charge in [-0.05, 0) is 39.0 Å². The van der Waals surface area contributed by atoms with E-state index in [1.165, 1.54) is 19.3 Å². The van der Waals surface area contributed by atoms with Crippen LogP contribution in [0.2, 0.25) is 0 Å². The second kappa shape index (κ2) is 6.63. The van der Waals surface area contributed by atoms with Crippen LogP contribution in [0, 0.1) is 0 Å². The zero-order valence-corrected chi connectivity index (χ0v) is 9.00. The highest BCUT2D eigenvalue weighted by molar-refractivity contribution is 5.69. The van der Waals surface area contributed by atoms with Crippen molar-refractivity contribution in [3.8, 4) is 0 Å². The van der Waals surface area contributed by atoms with Crippen molar-refractivity contribution in [2.75, 3.05) is 0 Å². The van der Waals surface area contributed by atoms with Crippen molar-refractivity contribution in [3.05, 3.63) is 12.2 Å². The van der Waals surface area contributed by atoms with E-state index in [-0.39, 0.29) is 12.1 Å². The highest BCUT2D eigenvalue weighted by Gasteiger charge is 2.08. The van der Waals surface area contributed by atoms with Crippen molar-refractivity contribution in [1.82, 2.24) is 0 Å². The fourth-order valence-electron chi connectivity index (χ4n) is 1.65. The molecule has 1 heterocycles. The summed E-state index contributed by atoms with van der Waals surface area (Å²) in [5.41, 5.74) is 0. The molecule has 0 radical (unpaired) electrons. The molecule has 0 aliphatic carbocycles. The summed E-state index contributed by atoms with van der Waals surface area (Å²) in [5.74, 6) is -0.0530. The van der Waals surface area contributed by atoms with E-state index in [1.807, 2.05) is 6.92 Å². The first-order valence-electron chi connectivity index (χ1n) is 5.63. The number of allylic oxidation sites excluding steroid dienone is 2. The van der Waals surface area contributed by atoms with Gasteiger partial charge in [-0.25, -0.2) is 0 Å². The molecule has 0 spiro atoms. The smallest absolute Gasteiger partial charge is 0.306 e. The van der Waals surface area contributed by atoms with Crippen LogP contribution in [0.5, 0.6) is 0 Å². The van der Waals surface area contributed by atoms with E-state index in [9.17, 15) is 4.79 Å². The zero-order valence-electron chi connectivity index (χ0n) is 9.00. The molecule has 80 valence electrons. The number of hydrogen-bond donors (Lipinski definition) is 0. The molecule has 0 saturated heterocycles. The number of carbonyl (C=O) groups excluding carboxylic acids is 1. The fraction of sp³-hybridized carbons (Fsp3) is 0.750. The van der Waals surface area contributed by atoms with Gasteiger partial charge in [-0.1, -0.05) is 18.6 Å². The first-order valence-corrected chi connectivity index (χ1v) is 5.63. The average Bonchev–Trinajstić information content (AvgIpc) is 2.13. The lowest BCUT2D eigenvalue weighted by Gasteiger charge is -2.13. The molecule has 2 heteroatoms. The normalized spacial score (nSPS) is 28.4. The van der Waals surface area contributed by atoms with Gasteiger partial charge in [0, 0.05) is 6.42 Å². The number of esters is 1. The molecule has 1 unspecified atom stereocenters. The largest absolute Gasteiger partial charge is 0.463 e. The minimum absolute atomic E-state index is 0.0530. The van der Waals surface area contributed by atoms with Crippen LogP contribution in [0.3, 0.4) is 0 Å². The van der Waals surface area contributed by atoms with E-state index in [1.54, 1.807) is 0 Å². The Hall–Kier alpha value is -0.790. The van der Waals surface area contributed by atoms with Crippen molar-refractivity contribution >= 4 is 5.97 Å². The Kier molecular flexibility index (Phi) is 5.35. The van der Waals surface area contributed by atoms with Crippen LogP contribution >= 0.6 is 0 Å². The predicted molar refractivity (Wildman–Crippen MR) is 57.0 cm³/mol. The summed E-state index contributed by atoms with van der Waals surface area (Å²) in [6, 6.07) is 0. The Morgan fingerprint density at radius 3 is 2.86 bits per heavy atom. The molecule has 14 heavy (non-hydrogen) atoms. The maximum Gasteiger partial charge on any atom is 0.306 e. The Morgan fingerprint density at radius 2 is 2.00 bits per heavy atom. The third-order valence-electron chi connectivity index (χ3n) is 2.50. The van der Waals surface area contributed by atoms with Gasteiger partial charge in [-0.2, -0.15) is 0 Å². The van der Waals surface area contributed by atoms with Crippen LogP contribution in [0.15, 0.2) is 12.2 Å². The van der Waals surface area contributed by atoms with Gasteiger partial charge in [0.1, 0.15) is 0 Å². The van der Waals surface area contributed by atoms with Gasteiger partial charge in [0.15, 0.2) is 0 Å². The number of carbonyl (C=O) groups is 1. The second-order valence-corrected chi connectivity index (χ2v) is 3.95. The Bertz CT molecular complexity index is 196. The SMILES string of the molecule is CC1CCCCC/C=C\CCC(=O)O1. The van der Waals surface area contributed by atoms with Crippen molar-refractivity contribution in [2.24, 2.45) is 0 Å². The summed E-state index contributed by atoms with van der Waals surface area (Å²) < 4.78 is 5.25. The van der Waals surface area contributed by atoms with Gasteiger partial charge in [0.05, 0.1) is 6.10 Å². The standard InChI is InChI=1S/C12H20O2/c1-11-9-7-5-3-2-4-6-8-10-12(13)14-11/h4,6,11H,2-3,5,7-10H2,1H3/b6-4-. The molecule has 0 aromatic rings. The summed E-state index contributed by atoms with van der Waals surface area (Å²) in [6.45, 7) is 1.99. The van der Waals surface area contributed by atoms with Crippen LogP contribution in [0.4, 0.5) is 0 Å². The van der Waals surface area contributed by atoms with Crippen LogP contribution in [-0.2, 0) is 9.53 Å². The van der Waals surface area contributed by atoms with Crippen LogP contribution in [-0.4, -0.2) is 12.1 Å². The Labute approximate surface area is 86.3 Å². The lowest BCUT2D eigenvalue weighted by molar-refractivity contribution is -0.148. The number of rotatable bonds is 0. The summed E-state index contributed by atoms with van der Waals surface area (Å²) in [7, 11) is 0. The van der Waals surface area contributed by atoms with Gasteiger partial charge in [-0.3, -0.25) is 4.79 Å². The monoisotopic (exact) mass is 196 g/mol. The molecule has 0 amide bonds. The van der Waals surface area contributed by atoms with Crippen molar-refractivity contribution < 1.29 is 9.53 Å². The van der Waals surface area contributed by atoms with Gasteiger partial charge < -0.3 is 4.74 Å². The van der Waals surface area contributed by atoms with E-state index in [4.69, 9.17) is 4.74 Å². The topological polar surface area (TPSA) is 26.3 Å². The lowest BCUT2D eigenvalue weighted by atomic mass is 10.1. The van der Waals surface area contributed by atoms with Crippen LogP contribution in [0.25, 0.3) is 0 Å². The number of ether oxygens (including phenoxy) is 1. The number of hydrogen-bond acceptors (Lipinski definition) is 2. The molecule has 0 aromatic heterocycles. The summed E-state index contributed by atoms with van der Waals surface area (Å²) >= 11 is 0. The van der Waals surface area contributed by atoms with E-state index >= 15 is 0 Å². The molecule has 1 atom stereocenters. The Balaban J connectivity index is 2.35. The summed E-state index contributed by atoms with van der Waals surface area (Å²) in [5, 5.41) is 0. The molecule has 0 saturated carbocycles. The van der Waals surface area contributed by atoms with Crippen molar-refractivity contribution in [2.45, 2.75) is 58.0 Å². The van der Waals surface area contributed by atoms with Gasteiger partial charge in [0.25, 0.3) is 0 Å². The number of cyclic esters (lactones) is 1. The molecule has 2 nitrogen and oxygen atoms in total. The lowest BCUT2D eigenvalue weighted by Crippen LogP contribution is -2.14. The van der Waals surface area contributed by atoms with Crippen LogP contribution in [0.1, 0.15) is 51.9 Å². The highest BCUT2D eigenvalue weighted by Crippen LogP contribution is 2.11. The third kappa shape index (κ3) is 5.05. The molecule has 0 bridgehead atoms. The molecule has 1 rings (SSSR count). The third-order valence-corrected chi connectivity index (χ3v) is 2.50. The maximum absolute atomic E-state index is 11.3. The molecular formula is C12H20O2. The summed E-state index contributed by atoms with van der Waals surface area (Å²) in [4.78, 5) is 11.3. The first-order chi connectivity index (χ1) is 6.79. The van der Waals surface area contributed by atoms with E-state index in [0.29, 0.717) is 6.42 Å².